The highest BCUT2D eigenvalue weighted by Gasteiger charge is 2.59. The van der Waals surface area contributed by atoms with Crippen molar-refractivity contribution >= 4 is 10.9 Å². The first kappa shape index (κ1) is 17.4. The molecule has 1 aliphatic heterocycles. The van der Waals surface area contributed by atoms with Gasteiger partial charge in [-0.15, -0.1) is 0 Å². The number of nitrogens with zero attached hydrogens (tertiary/aromatic N) is 3. The van der Waals surface area contributed by atoms with Crippen LogP contribution in [0.2, 0.25) is 0 Å². The second-order valence-electron chi connectivity index (χ2n) is 8.49. The number of benzene rings is 1. The number of likely N-dealkylation sites (N-methyl/N-ethyl adjacent to an activating group) is 1. The third-order valence-electron chi connectivity index (χ3n) is 6.90. The molecule has 0 saturated carbocycles. The maximum absolute atomic E-state index is 5.96. The standard InChI is InChI=1S/C20H31N3O/c1-14-16-10-9-15(11-17(16)23(7)21-14)19(4)12-22(6)13-20(19,5)18(2,3)24-8/h9-11H,12-13H2,1-8H3. The summed E-state index contributed by atoms with van der Waals surface area (Å²) < 4.78 is 7.96. The van der Waals surface area contributed by atoms with E-state index in [0.717, 1.165) is 18.8 Å². The largest absolute Gasteiger partial charge is 0.378 e. The fraction of sp³-hybridized carbons (Fsp3) is 0.650. The molecular formula is C20H31N3O. The summed E-state index contributed by atoms with van der Waals surface area (Å²) >= 11 is 0. The van der Waals surface area contributed by atoms with E-state index in [-0.39, 0.29) is 16.4 Å². The molecule has 0 aliphatic carbocycles. The molecule has 1 fully saturated rings. The number of rotatable bonds is 3. The quantitative estimate of drug-likeness (QED) is 0.863. The van der Waals surface area contributed by atoms with Crippen molar-refractivity contribution in [3.8, 4) is 0 Å². The first-order chi connectivity index (χ1) is 11.1. The molecule has 1 aliphatic rings. The van der Waals surface area contributed by atoms with Crippen LogP contribution in [-0.4, -0.2) is 47.5 Å². The molecule has 0 bridgehead atoms. The highest BCUT2D eigenvalue weighted by atomic mass is 16.5. The normalized spacial score (nSPS) is 28.8. The zero-order chi connectivity index (χ0) is 17.9. The second-order valence-corrected chi connectivity index (χ2v) is 8.49. The van der Waals surface area contributed by atoms with Crippen molar-refractivity contribution in [2.45, 2.75) is 45.6 Å². The maximum atomic E-state index is 5.96. The van der Waals surface area contributed by atoms with Gasteiger partial charge in [0, 0.05) is 43.5 Å². The molecule has 0 N–H and O–H groups in total. The van der Waals surface area contributed by atoms with Gasteiger partial charge in [0.1, 0.15) is 0 Å². The summed E-state index contributed by atoms with van der Waals surface area (Å²) in [7, 11) is 6.07. The van der Waals surface area contributed by atoms with Crippen molar-refractivity contribution in [1.29, 1.82) is 0 Å². The summed E-state index contributed by atoms with van der Waals surface area (Å²) in [6, 6.07) is 6.86. The van der Waals surface area contributed by atoms with Gasteiger partial charge >= 0.3 is 0 Å². The van der Waals surface area contributed by atoms with Gasteiger partial charge in [0.15, 0.2) is 0 Å². The average Bonchev–Trinajstić information content (AvgIpc) is 2.94. The van der Waals surface area contributed by atoms with E-state index in [4.69, 9.17) is 4.74 Å². The van der Waals surface area contributed by atoms with E-state index in [0.29, 0.717) is 0 Å². The Hall–Kier alpha value is -1.39. The SMILES string of the molecule is COC(C)(C)C1(C)CN(C)CC1(C)c1ccc2c(C)nn(C)c2c1. The fourth-order valence-corrected chi connectivity index (χ4v) is 4.76. The Kier molecular flexibility index (Phi) is 3.85. The molecule has 0 radical (unpaired) electrons. The monoisotopic (exact) mass is 329 g/mol. The summed E-state index contributed by atoms with van der Waals surface area (Å²) in [6.45, 7) is 13.3. The van der Waals surface area contributed by atoms with Gasteiger partial charge in [-0.05, 0) is 39.4 Å². The summed E-state index contributed by atoms with van der Waals surface area (Å²) in [6.07, 6.45) is 0. The number of hydrogen-bond acceptors (Lipinski definition) is 3. The molecule has 1 saturated heterocycles. The van der Waals surface area contributed by atoms with E-state index < -0.39 is 0 Å². The molecule has 132 valence electrons. The number of aryl methyl sites for hydroxylation is 2. The Morgan fingerprint density at radius 2 is 1.83 bits per heavy atom. The third kappa shape index (κ3) is 2.16. The maximum Gasteiger partial charge on any atom is 0.0697 e. The first-order valence-electron chi connectivity index (χ1n) is 8.73. The number of ether oxygens (including phenoxy) is 1. The zero-order valence-electron chi connectivity index (χ0n) is 16.4. The lowest BCUT2D eigenvalue weighted by Crippen LogP contribution is -2.55. The minimum absolute atomic E-state index is 0.00478. The molecule has 1 aromatic heterocycles. The number of fused-ring (bicyclic) bond motifs is 1. The van der Waals surface area contributed by atoms with Crippen LogP contribution < -0.4 is 0 Å². The molecule has 0 amide bonds. The molecule has 2 unspecified atom stereocenters. The van der Waals surface area contributed by atoms with Crippen LogP contribution in [0.5, 0.6) is 0 Å². The lowest BCUT2D eigenvalue weighted by atomic mass is 9.57. The van der Waals surface area contributed by atoms with Crippen molar-refractivity contribution in [2.24, 2.45) is 12.5 Å². The van der Waals surface area contributed by atoms with E-state index in [1.807, 2.05) is 18.8 Å². The highest BCUT2D eigenvalue weighted by Crippen LogP contribution is 2.54. The van der Waals surface area contributed by atoms with Gasteiger partial charge in [-0.3, -0.25) is 4.68 Å². The number of likely N-dealkylation sites (tertiary alicyclic amines) is 1. The van der Waals surface area contributed by atoms with E-state index in [1.54, 1.807) is 0 Å². The zero-order valence-corrected chi connectivity index (χ0v) is 16.4. The van der Waals surface area contributed by atoms with Gasteiger partial charge in [0.2, 0.25) is 0 Å². The fourth-order valence-electron chi connectivity index (χ4n) is 4.76. The van der Waals surface area contributed by atoms with Gasteiger partial charge in [-0.1, -0.05) is 26.0 Å². The molecule has 4 heteroatoms. The molecule has 3 rings (SSSR count). The molecule has 2 heterocycles. The molecule has 1 aromatic carbocycles. The van der Waals surface area contributed by atoms with Crippen LogP contribution in [0.15, 0.2) is 18.2 Å². The predicted octanol–water partition coefficient (Wildman–Crippen LogP) is 3.52. The topological polar surface area (TPSA) is 30.3 Å². The van der Waals surface area contributed by atoms with E-state index in [1.165, 1.54) is 16.5 Å². The molecule has 2 atom stereocenters. The number of methoxy groups -OCH3 is 1. The van der Waals surface area contributed by atoms with E-state index >= 15 is 0 Å². The van der Waals surface area contributed by atoms with Gasteiger partial charge in [-0.2, -0.15) is 5.10 Å². The van der Waals surface area contributed by atoms with Gasteiger partial charge in [-0.25, -0.2) is 0 Å². The molecular weight excluding hydrogens is 298 g/mol. The van der Waals surface area contributed by atoms with E-state index in [2.05, 4.69) is 69.9 Å². The van der Waals surface area contributed by atoms with Crippen molar-refractivity contribution in [3.63, 3.8) is 0 Å². The van der Waals surface area contributed by atoms with Crippen LogP contribution >= 0.6 is 0 Å². The lowest BCUT2D eigenvalue weighted by molar-refractivity contribution is -0.0978. The number of aromatic nitrogens is 2. The minimum atomic E-state index is -0.218. The Bertz CT molecular complexity index is 779. The number of hydrogen-bond donors (Lipinski definition) is 0. The van der Waals surface area contributed by atoms with Gasteiger partial charge in [0.25, 0.3) is 0 Å². The van der Waals surface area contributed by atoms with Crippen molar-refractivity contribution in [3.05, 3.63) is 29.5 Å². The third-order valence-corrected chi connectivity index (χ3v) is 6.90. The van der Waals surface area contributed by atoms with Crippen LogP contribution in [0.4, 0.5) is 0 Å². The molecule has 4 nitrogen and oxygen atoms in total. The van der Waals surface area contributed by atoms with Crippen molar-refractivity contribution in [2.75, 3.05) is 27.2 Å². The van der Waals surface area contributed by atoms with Crippen LogP contribution in [0.25, 0.3) is 10.9 Å². The first-order valence-corrected chi connectivity index (χ1v) is 8.73. The van der Waals surface area contributed by atoms with Crippen LogP contribution in [0.1, 0.15) is 39.0 Å². The van der Waals surface area contributed by atoms with Crippen molar-refractivity contribution in [1.82, 2.24) is 14.7 Å². The second kappa shape index (κ2) is 5.30. The van der Waals surface area contributed by atoms with Gasteiger partial charge < -0.3 is 9.64 Å². The Morgan fingerprint density at radius 1 is 1.17 bits per heavy atom. The predicted molar refractivity (Wildman–Crippen MR) is 99.5 cm³/mol. The molecule has 2 aromatic rings. The summed E-state index contributed by atoms with van der Waals surface area (Å²) in [5.74, 6) is 0. The summed E-state index contributed by atoms with van der Waals surface area (Å²) in [5, 5.41) is 5.82. The summed E-state index contributed by atoms with van der Waals surface area (Å²) in [4.78, 5) is 2.43. The molecule has 24 heavy (non-hydrogen) atoms. The van der Waals surface area contributed by atoms with Crippen LogP contribution in [0, 0.1) is 12.3 Å². The Morgan fingerprint density at radius 3 is 2.46 bits per heavy atom. The van der Waals surface area contributed by atoms with Crippen LogP contribution in [-0.2, 0) is 17.2 Å². The Labute approximate surface area is 145 Å². The minimum Gasteiger partial charge on any atom is -0.378 e. The Balaban J connectivity index is 2.20. The molecule has 0 spiro atoms. The van der Waals surface area contributed by atoms with Crippen molar-refractivity contribution < 1.29 is 4.74 Å². The lowest BCUT2D eigenvalue weighted by Gasteiger charge is -2.50. The van der Waals surface area contributed by atoms with E-state index in [9.17, 15) is 0 Å². The van der Waals surface area contributed by atoms with Crippen LogP contribution in [0.3, 0.4) is 0 Å². The average molecular weight is 329 g/mol. The smallest absolute Gasteiger partial charge is 0.0697 e. The highest BCUT2D eigenvalue weighted by molar-refractivity contribution is 5.82. The summed E-state index contributed by atoms with van der Waals surface area (Å²) in [5.41, 5.74) is 3.46. The van der Waals surface area contributed by atoms with Gasteiger partial charge in [0.05, 0.1) is 16.8 Å².